The summed E-state index contributed by atoms with van der Waals surface area (Å²) in [7, 11) is 1.81. The molecule has 0 atom stereocenters. The van der Waals surface area contributed by atoms with Crippen LogP contribution in [0.2, 0.25) is 0 Å². The normalized spacial score (nSPS) is 10.7. The van der Waals surface area contributed by atoms with Gasteiger partial charge in [-0.05, 0) is 28.8 Å². The number of rotatable bonds is 8. The zero-order chi connectivity index (χ0) is 14.2. The van der Waals surface area contributed by atoms with Crippen LogP contribution in [-0.4, -0.2) is 31.7 Å². The van der Waals surface area contributed by atoms with Gasteiger partial charge in [0.25, 0.3) is 0 Å². The summed E-state index contributed by atoms with van der Waals surface area (Å²) in [6, 6.07) is 10.1. The van der Waals surface area contributed by atoms with E-state index in [-0.39, 0.29) is 0 Å². The fourth-order valence-corrected chi connectivity index (χ4v) is 2.62. The van der Waals surface area contributed by atoms with Gasteiger partial charge in [-0.15, -0.1) is 5.10 Å². The summed E-state index contributed by atoms with van der Waals surface area (Å²) in [5.41, 5.74) is 1.22. The molecule has 0 unspecified atom stereocenters. The molecule has 2 aromatic rings. The van der Waals surface area contributed by atoms with Crippen LogP contribution >= 0.6 is 11.8 Å². The van der Waals surface area contributed by atoms with Crippen LogP contribution in [0.25, 0.3) is 0 Å². The van der Waals surface area contributed by atoms with Crippen molar-refractivity contribution in [1.82, 2.24) is 20.2 Å². The van der Waals surface area contributed by atoms with Crippen molar-refractivity contribution in [2.24, 2.45) is 7.05 Å². The standard InChI is InChI=1S/C14H18N4OS/c1-18-14(15-16-17-18)20-11-5-8-13(19)10-9-12-6-3-2-4-7-12/h2-4,6-7H,5,8-11H2,1H3. The summed E-state index contributed by atoms with van der Waals surface area (Å²) in [5.74, 6) is 1.19. The minimum absolute atomic E-state index is 0.325. The Bertz CT molecular complexity index is 541. The highest BCUT2D eigenvalue weighted by Gasteiger charge is 2.05. The molecule has 6 heteroatoms. The van der Waals surface area contributed by atoms with Gasteiger partial charge in [0.1, 0.15) is 5.78 Å². The first-order valence-electron chi connectivity index (χ1n) is 6.66. The van der Waals surface area contributed by atoms with Crippen molar-refractivity contribution in [2.45, 2.75) is 30.8 Å². The molecule has 0 spiro atoms. The number of tetrazole rings is 1. The van der Waals surface area contributed by atoms with Gasteiger partial charge in [0, 0.05) is 25.6 Å². The third-order valence-corrected chi connectivity index (χ3v) is 4.04. The Morgan fingerprint density at radius 2 is 2.05 bits per heavy atom. The van der Waals surface area contributed by atoms with Crippen LogP contribution in [0.1, 0.15) is 24.8 Å². The van der Waals surface area contributed by atoms with Gasteiger partial charge in [-0.3, -0.25) is 4.79 Å². The SMILES string of the molecule is Cn1nnnc1SCCCC(=O)CCc1ccccc1. The van der Waals surface area contributed by atoms with Crippen molar-refractivity contribution in [3.8, 4) is 0 Å². The molecule has 0 fully saturated rings. The lowest BCUT2D eigenvalue weighted by atomic mass is 10.1. The second-order valence-corrected chi connectivity index (χ2v) is 5.62. The third-order valence-electron chi connectivity index (χ3n) is 2.95. The minimum Gasteiger partial charge on any atom is -0.300 e. The first kappa shape index (κ1) is 14.7. The van der Waals surface area contributed by atoms with Crippen LogP contribution in [-0.2, 0) is 18.3 Å². The predicted octanol–water partition coefficient (Wildman–Crippen LogP) is 2.28. The van der Waals surface area contributed by atoms with Gasteiger partial charge in [-0.25, -0.2) is 4.68 Å². The first-order chi connectivity index (χ1) is 9.75. The lowest BCUT2D eigenvalue weighted by Gasteiger charge is -2.02. The molecule has 1 aromatic heterocycles. The van der Waals surface area contributed by atoms with E-state index in [2.05, 4.69) is 27.7 Å². The predicted molar refractivity (Wildman–Crippen MR) is 78.5 cm³/mol. The zero-order valence-electron chi connectivity index (χ0n) is 11.5. The van der Waals surface area contributed by atoms with E-state index in [0.29, 0.717) is 18.6 Å². The van der Waals surface area contributed by atoms with Gasteiger partial charge in [0.05, 0.1) is 0 Å². The molecule has 0 aliphatic rings. The smallest absolute Gasteiger partial charge is 0.209 e. The van der Waals surface area contributed by atoms with E-state index in [1.54, 1.807) is 16.4 Å². The Labute approximate surface area is 122 Å². The van der Waals surface area contributed by atoms with Crippen molar-refractivity contribution in [1.29, 1.82) is 0 Å². The third kappa shape index (κ3) is 4.77. The molecule has 0 saturated heterocycles. The second-order valence-electron chi connectivity index (χ2n) is 4.56. The summed E-state index contributed by atoms with van der Waals surface area (Å²) in [5, 5.41) is 12.0. The first-order valence-corrected chi connectivity index (χ1v) is 7.65. The molecular formula is C14H18N4OS. The molecule has 1 heterocycles. The fourth-order valence-electron chi connectivity index (χ4n) is 1.83. The number of nitrogens with zero attached hydrogens (tertiary/aromatic N) is 4. The number of carbonyl (C=O) groups is 1. The number of thioether (sulfide) groups is 1. The highest BCUT2D eigenvalue weighted by Crippen LogP contribution is 2.15. The summed E-state index contributed by atoms with van der Waals surface area (Å²) in [6.45, 7) is 0. The molecular weight excluding hydrogens is 272 g/mol. The maximum absolute atomic E-state index is 11.8. The fraction of sp³-hybridized carbons (Fsp3) is 0.429. The molecule has 0 radical (unpaired) electrons. The number of carbonyl (C=O) groups excluding carboxylic acids is 1. The van der Waals surface area contributed by atoms with Crippen molar-refractivity contribution in [3.63, 3.8) is 0 Å². The van der Waals surface area contributed by atoms with Gasteiger partial charge in [-0.1, -0.05) is 42.1 Å². The van der Waals surface area contributed by atoms with Crippen molar-refractivity contribution in [2.75, 3.05) is 5.75 Å². The number of aromatic nitrogens is 4. The van der Waals surface area contributed by atoms with Gasteiger partial charge < -0.3 is 0 Å². The van der Waals surface area contributed by atoms with Crippen LogP contribution < -0.4 is 0 Å². The van der Waals surface area contributed by atoms with E-state index in [9.17, 15) is 4.79 Å². The molecule has 1 aromatic carbocycles. The number of Topliss-reactive ketones (excluding diaryl/α,β-unsaturated/α-hetero) is 1. The number of hydrogen-bond acceptors (Lipinski definition) is 5. The van der Waals surface area contributed by atoms with Gasteiger partial charge in [0.2, 0.25) is 5.16 Å². The summed E-state index contributed by atoms with van der Waals surface area (Å²) in [6.07, 6.45) is 2.95. The van der Waals surface area contributed by atoms with E-state index >= 15 is 0 Å². The lowest BCUT2D eigenvalue weighted by molar-refractivity contribution is -0.119. The average Bonchev–Trinajstić information content (AvgIpc) is 2.88. The van der Waals surface area contributed by atoms with Crippen molar-refractivity contribution < 1.29 is 4.79 Å². The molecule has 20 heavy (non-hydrogen) atoms. The highest BCUT2D eigenvalue weighted by atomic mass is 32.2. The zero-order valence-corrected chi connectivity index (χ0v) is 12.3. The van der Waals surface area contributed by atoms with Crippen LogP contribution in [0.15, 0.2) is 35.5 Å². The number of ketones is 1. The Morgan fingerprint density at radius 3 is 2.75 bits per heavy atom. The molecule has 2 rings (SSSR count). The highest BCUT2D eigenvalue weighted by molar-refractivity contribution is 7.99. The molecule has 5 nitrogen and oxygen atoms in total. The quantitative estimate of drug-likeness (QED) is 0.551. The molecule has 0 N–H and O–H groups in total. The van der Waals surface area contributed by atoms with E-state index in [1.807, 2.05) is 25.2 Å². The maximum Gasteiger partial charge on any atom is 0.209 e. The van der Waals surface area contributed by atoms with Gasteiger partial charge >= 0.3 is 0 Å². The molecule has 0 saturated carbocycles. The Hall–Kier alpha value is -1.69. The van der Waals surface area contributed by atoms with E-state index in [1.165, 1.54) is 5.56 Å². The number of aryl methyl sites for hydroxylation is 2. The molecule has 0 aliphatic heterocycles. The summed E-state index contributed by atoms with van der Waals surface area (Å²) < 4.78 is 1.64. The number of hydrogen-bond donors (Lipinski definition) is 0. The van der Waals surface area contributed by atoms with Crippen LogP contribution in [0, 0.1) is 0 Å². The Balaban J connectivity index is 1.60. The largest absolute Gasteiger partial charge is 0.300 e. The Morgan fingerprint density at radius 1 is 1.25 bits per heavy atom. The van der Waals surface area contributed by atoms with Gasteiger partial charge in [0.15, 0.2) is 0 Å². The topological polar surface area (TPSA) is 60.7 Å². The van der Waals surface area contributed by atoms with Crippen LogP contribution in [0.5, 0.6) is 0 Å². The molecule has 0 amide bonds. The number of benzene rings is 1. The molecule has 0 aliphatic carbocycles. The molecule has 106 valence electrons. The van der Waals surface area contributed by atoms with E-state index < -0.39 is 0 Å². The van der Waals surface area contributed by atoms with Crippen molar-refractivity contribution in [3.05, 3.63) is 35.9 Å². The maximum atomic E-state index is 11.8. The average molecular weight is 290 g/mol. The molecule has 0 bridgehead atoms. The van der Waals surface area contributed by atoms with E-state index in [4.69, 9.17) is 0 Å². The van der Waals surface area contributed by atoms with Crippen LogP contribution in [0.3, 0.4) is 0 Å². The van der Waals surface area contributed by atoms with Gasteiger partial charge in [-0.2, -0.15) is 0 Å². The second kappa shape index (κ2) is 7.79. The van der Waals surface area contributed by atoms with Crippen LogP contribution in [0.4, 0.5) is 0 Å². The Kier molecular flexibility index (Phi) is 5.73. The lowest BCUT2D eigenvalue weighted by Crippen LogP contribution is -2.01. The van der Waals surface area contributed by atoms with Crippen molar-refractivity contribution >= 4 is 17.5 Å². The minimum atomic E-state index is 0.325. The summed E-state index contributed by atoms with van der Waals surface area (Å²) >= 11 is 1.58. The van der Waals surface area contributed by atoms with E-state index in [0.717, 1.165) is 23.8 Å². The monoisotopic (exact) mass is 290 g/mol. The summed E-state index contributed by atoms with van der Waals surface area (Å²) in [4.78, 5) is 11.8.